The van der Waals surface area contributed by atoms with E-state index in [0.717, 1.165) is 19.0 Å². The van der Waals surface area contributed by atoms with E-state index in [1.54, 1.807) is 25.2 Å². The quantitative estimate of drug-likeness (QED) is 0.453. The first-order valence-electron chi connectivity index (χ1n) is 9.45. The highest BCUT2D eigenvalue weighted by atomic mass is 19.1. The zero-order valence-electron chi connectivity index (χ0n) is 16.4. The number of rotatable bonds is 7. The van der Waals surface area contributed by atoms with Gasteiger partial charge in [-0.25, -0.2) is 4.39 Å². The summed E-state index contributed by atoms with van der Waals surface area (Å²) < 4.78 is 19.1. The number of ether oxygens (including phenoxy) is 1. The number of anilines is 1. The third-order valence-corrected chi connectivity index (χ3v) is 4.64. The van der Waals surface area contributed by atoms with Crippen LogP contribution in [0, 0.1) is 5.82 Å². The summed E-state index contributed by atoms with van der Waals surface area (Å²) in [5, 5.41) is 3.38. The molecule has 1 aliphatic heterocycles. The van der Waals surface area contributed by atoms with E-state index in [2.05, 4.69) is 51.6 Å². The van der Waals surface area contributed by atoms with Gasteiger partial charge in [-0.2, -0.15) is 0 Å². The Balaban J connectivity index is 1.48. The Morgan fingerprint density at radius 3 is 2.71 bits per heavy atom. The Morgan fingerprint density at radius 2 is 1.96 bits per heavy atom. The normalized spacial score (nSPS) is 13.7. The topological polar surface area (TPSA) is 40.1 Å². The minimum Gasteiger partial charge on any atom is -0.489 e. The van der Waals surface area contributed by atoms with Gasteiger partial charge in [-0.3, -0.25) is 4.99 Å². The summed E-state index contributed by atoms with van der Waals surface area (Å²) in [4.78, 5) is 8.62. The molecule has 1 N–H and O–H groups in total. The average Bonchev–Trinajstić information content (AvgIpc) is 3.25. The minimum absolute atomic E-state index is 0.270. The predicted octanol–water partition coefficient (Wildman–Crippen LogP) is 3.29. The van der Waals surface area contributed by atoms with Gasteiger partial charge in [-0.05, 0) is 29.8 Å². The molecule has 1 heterocycles. The van der Waals surface area contributed by atoms with Gasteiger partial charge >= 0.3 is 0 Å². The molecule has 0 unspecified atom stereocenters. The number of para-hydroxylation sites is 1. The largest absolute Gasteiger partial charge is 0.489 e. The number of hydrogen-bond donors (Lipinski definition) is 1. The van der Waals surface area contributed by atoms with Gasteiger partial charge < -0.3 is 19.9 Å². The number of nitrogens with zero attached hydrogens (tertiary/aromatic N) is 3. The molecule has 0 aliphatic carbocycles. The second-order valence-electron chi connectivity index (χ2n) is 6.65. The highest BCUT2D eigenvalue weighted by molar-refractivity contribution is 5.79. The van der Waals surface area contributed by atoms with Crippen LogP contribution in [0.3, 0.4) is 0 Å². The van der Waals surface area contributed by atoms with Crippen molar-refractivity contribution in [3.63, 3.8) is 0 Å². The maximum Gasteiger partial charge on any atom is 0.193 e. The lowest BCUT2D eigenvalue weighted by atomic mass is 10.2. The fraction of sp³-hybridized carbons (Fsp3) is 0.318. The van der Waals surface area contributed by atoms with Crippen LogP contribution in [0.1, 0.15) is 5.56 Å². The molecular formula is C22H27FN4O. The van der Waals surface area contributed by atoms with E-state index in [1.165, 1.54) is 17.3 Å². The Morgan fingerprint density at radius 1 is 1.18 bits per heavy atom. The number of benzene rings is 2. The maximum atomic E-state index is 13.6. The van der Waals surface area contributed by atoms with Crippen molar-refractivity contribution in [2.45, 2.75) is 6.54 Å². The van der Waals surface area contributed by atoms with Crippen LogP contribution in [0.5, 0.6) is 5.75 Å². The van der Waals surface area contributed by atoms with Crippen molar-refractivity contribution in [2.24, 2.45) is 4.99 Å². The first-order valence-corrected chi connectivity index (χ1v) is 9.45. The van der Waals surface area contributed by atoms with Gasteiger partial charge in [-0.15, -0.1) is 0 Å². The monoisotopic (exact) mass is 382 g/mol. The van der Waals surface area contributed by atoms with Crippen molar-refractivity contribution in [2.75, 3.05) is 45.2 Å². The van der Waals surface area contributed by atoms with E-state index in [0.29, 0.717) is 19.7 Å². The zero-order valence-corrected chi connectivity index (χ0v) is 16.4. The third kappa shape index (κ3) is 5.25. The zero-order chi connectivity index (χ0) is 19.8. The number of hydrogen-bond acceptors (Lipinski definition) is 3. The van der Waals surface area contributed by atoms with Crippen molar-refractivity contribution in [1.29, 1.82) is 0 Å². The fourth-order valence-corrected chi connectivity index (χ4v) is 3.08. The highest BCUT2D eigenvalue weighted by Gasteiger charge is 2.10. The van der Waals surface area contributed by atoms with Gasteiger partial charge in [0.15, 0.2) is 17.5 Å². The van der Waals surface area contributed by atoms with Crippen molar-refractivity contribution >= 4 is 11.6 Å². The molecule has 5 nitrogen and oxygen atoms in total. The lowest BCUT2D eigenvalue weighted by Crippen LogP contribution is -2.40. The molecule has 148 valence electrons. The summed E-state index contributed by atoms with van der Waals surface area (Å²) in [5.74, 6) is 0.693. The van der Waals surface area contributed by atoms with Crippen LogP contribution >= 0.6 is 0 Å². The molecule has 2 aromatic carbocycles. The van der Waals surface area contributed by atoms with Gasteiger partial charge in [0.05, 0.1) is 6.54 Å². The van der Waals surface area contributed by atoms with Gasteiger partial charge in [0.1, 0.15) is 6.61 Å². The van der Waals surface area contributed by atoms with E-state index in [1.807, 2.05) is 11.9 Å². The molecule has 0 spiro atoms. The summed E-state index contributed by atoms with van der Waals surface area (Å²) >= 11 is 0. The van der Waals surface area contributed by atoms with Gasteiger partial charge in [0.25, 0.3) is 0 Å². The second kappa shape index (κ2) is 9.78. The molecule has 0 aromatic heterocycles. The molecule has 0 fully saturated rings. The number of guanidine groups is 1. The molecule has 0 saturated heterocycles. The Labute approximate surface area is 166 Å². The van der Waals surface area contributed by atoms with Crippen LogP contribution < -0.4 is 15.0 Å². The van der Waals surface area contributed by atoms with Gasteiger partial charge in [0, 0.05) is 39.4 Å². The third-order valence-electron chi connectivity index (χ3n) is 4.64. The molecule has 3 rings (SSSR count). The van der Waals surface area contributed by atoms with Crippen LogP contribution in [0.2, 0.25) is 0 Å². The molecule has 0 radical (unpaired) electrons. The lowest BCUT2D eigenvalue weighted by Gasteiger charge is -2.23. The molecule has 0 atom stereocenters. The summed E-state index contributed by atoms with van der Waals surface area (Å²) in [5.41, 5.74) is 2.42. The summed E-state index contributed by atoms with van der Waals surface area (Å²) in [7, 11) is 3.69. The van der Waals surface area contributed by atoms with Crippen molar-refractivity contribution < 1.29 is 9.13 Å². The molecule has 6 heteroatoms. The molecule has 0 saturated carbocycles. The van der Waals surface area contributed by atoms with Gasteiger partial charge in [0.2, 0.25) is 0 Å². The highest BCUT2D eigenvalue weighted by Crippen LogP contribution is 2.18. The molecular weight excluding hydrogens is 355 g/mol. The molecule has 0 bridgehead atoms. The number of nitrogens with one attached hydrogen (secondary N) is 1. The maximum absolute atomic E-state index is 13.6. The standard InChI is InChI=1S/C22H27FN4O/c1-24-22(26(2)14-15-28-21-11-4-3-10-20(21)23)25-17-18-8-7-9-19(16-18)27-12-5-6-13-27/h3-11,16H,12-15,17H2,1-2H3,(H,24,25). The first kappa shape index (κ1) is 19.7. The van der Waals surface area contributed by atoms with E-state index in [-0.39, 0.29) is 11.6 Å². The molecule has 2 aromatic rings. The van der Waals surface area contributed by atoms with E-state index in [9.17, 15) is 4.39 Å². The Bertz CT molecular complexity index is 829. The Hall–Kier alpha value is -3.02. The molecule has 0 amide bonds. The fourth-order valence-electron chi connectivity index (χ4n) is 3.08. The van der Waals surface area contributed by atoms with E-state index >= 15 is 0 Å². The van der Waals surface area contributed by atoms with E-state index < -0.39 is 0 Å². The molecule has 28 heavy (non-hydrogen) atoms. The van der Waals surface area contributed by atoms with E-state index in [4.69, 9.17) is 4.74 Å². The summed E-state index contributed by atoms with van der Waals surface area (Å²) in [6, 6.07) is 15.0. The van der Waals surface area contributed by atoms with Gasteiger partial charge in [-0.1, -0.05) is 36.4 Å². The van der Waals surface area contributed by atoms with Crippen LogP contribution in [0.15, 0.2) is 65.7 Å². The first-order chi connectivity index (χ1) is 13.7. The van der Waals surface area contributed by atoms with Crippen molar-refractivity contribution in [3.8, 4) is 5.75 Å². The van der Waals surface area contributed by atoms with Crippen LogP contribution in [-0.2, 0) is 6.54 Å². The lowest BCUT2D eigenvalue weighted by molar-refractivity contribution is 0.270. The summed E-state index contributed by atoms with van der Waals surface area (Å²) in [6.45, 7) is 3.57. The van der Waals surface area contributed by atoms with Crippen LogP contribution in [0.4, 0.5) is 10.1 Å². The minimum atomic E-state index is -0.347. The number of likely N-dealkylation sites (N-methyl/N-ethyl adjacent to an activating group) is 1. The predicted molar refractivity (Wildman–Crippen MR) is 113 cm³/mol. The van der Waals surface area contributed by atoms with Crippen LogP contribution in [0.25, 0.3) is 0 Å². The summed E-state index contributed by atoms with van der Waals surface area (Å²) in [6.07, 6.45) is 4.37. The molecule has 1 aliphatic rings. The van der Waals surface area contributed by atoms with Crippen molar-refractivity contribution in [3.05, 3.63) is 72.1 Å². The SMILES string of the molecule is CN=C(NCc1cccc(N2CC=CC2)c1)N(C)CCOc1ccccc1F. The Kier molecular flexibility index (Phi) is 6.89. The second-order valence-corrected chi connectivity index (χ2v) is 6.65. The average molecular weight is 382 g/mol. The number of halogens is 1. The van der Waals surface area contributed by atoms with Crippen molar-refractivity contribution in [1.82, 2.24) is 10.2 Å². The van der Waals surface area contributed by atoms with Crippen LogP contribution in [-0.4, -0.2) is 51.2 Å². The smallest absolute Gasteiger partial charge is 0.193 e. The number of aliphatic imine (C=N–C) groups is 1.